The van der Waals surface area contributed by atoms with E-state index in [0.717, 1.165) is 6.26 Å². The summed E-state index contributed by atoms with van der Waals surface area (Å²) in [5.74, 6) is 0. The van der Waals surface area contributed by atoms with Crippen molar-refractivity contribution in [2.24, 2.45) is 0 Å². The monoisotopic (exact) mass is 409 g/mol. The first-order valence-electron chi connectivity index (χ1n) is 9.25. The van der Waals surface area contributed by atoms with Crippen LogP contribution >= 0.6 is 0 Å². The van der Waals surface area contributed by atoms with E-state index in [1.807, 2.05) is 25.7 Å². The molecule has 3 amide bonds. The van der Waals surface area contributed by atoms with E-state index in [4.69, 9.17) is 0 Å². The maximum absolute atomic E-state index is 13.4. The van der Waals surface area contributed by atoms with E-state index in [1.165, 1.54) is 17.0 Å². The summed E-state index contributed by atoms with van der Waals surface area (Å²) in [6, 6.07) is 6.24. The normalized spacial score (nSPS) is 20.1. The minimum absolute atomic E-state index is 0.168. The van der Waals surface area contributed by atoms with Crippen LogP contribution in [0.25, 0.3) is 0 Å². The molecule has 3 rings (SSSR count). The van der Waals surface area contributed by atoms with E-state index in [2.05, 4.69) is 0 Å². The van der Waals surface area contributed by atoms with E-state index in [0.29, 0.717) is 38.2 Å². The molecule has 1 aromatic carbocycles. The van der Waals surface area contributed by atoms with Gasteiger partial charge in [-0.25, -0.2) is 18.0 Å². The van der Waals surface area contributed by atoms with Crippen LogP contribution in [0.2, 0.25) is 0 Å². The Hall–Kier alpha value is -2.29. The largest absolute Gasteiger partial charge is 0.465 e. The lowest BCUT2D eigenvalue weighted by Gasteiger charge is -2.48. The molecule has 0 saturated carbocycles. The highest BCUT2D eigenvalue weighted by Gasteiger charge is 2.55. The first kappa shape index (κ1) is 20.4. The minimum Gasteiger partial charge on any atom is -0.465 e. The summed E-state index contributed by atoms with van der Waals surface area (Å²) in [4.78, 5) is 29.7. The van der Waals surface area contributed by atoms with E-state index in [9.17, 15) is 23.1 Å². The van der Waals surface area contributed by atoms with Crippen molar-refractivity contribution >= 4 is 27.6 Å². The number of hydrogen-bond acceptors (Lipinski definition) is 4. The second-order valence-electron chi connectivity index (χ2n) is 8.64. The first-order chi connectivity index (χ1) is 12.8. The number of rotatable bonds is 2. The van der Waals surface area contributed by atoms with Crippen LogP contribution in [0.5, 0.6) is 0 Å². The zero-order valence-electron chi connectivity index (χ0n) is 16.7. The summed E-state index contributed by atoms with van der Waals surface area (Å²) in [5, 5.41) is 9.26. The van der Waals surface area contributed by atoms with Crippen LogP contribution < -0.4 is 4.90 Å². The molecule has 2 fully saturated rings. The topological polar surface area (TPSA) is 98.2 Å². The zero-order chi connectivity index (χ0) is 20.9. The van der Waals surface area contributed by atoms with Gasteiger partial charge in [0.2, 0.25) is 0 Å². The molecule has 1 N–H and O–H groups in total. The molecule has 0 aliphatic carbocycles. The molecule has 2 saturated heterocycles. The molecule has 0 aromatic heterocycles. The summed E-state index contributed by atoms with van der Waals surface area (Å²) in [6.07, 6.45) is 1.29. The fraction of sp³-hybridized carbons (Fsp3) is 0.579. The van der Waals surface area contributed by atoms with Gasteiger partial charge in [-0.15, -0.1) is 0 Å². The predicted molar refractivity (Wildman–Crippen MR) is 105 cm³/mol. The Morgan fingerprint density at radius 3 is 2.29 bits per heavy atom. The van der Waals surface area contributed by atoms with Crippen molar-refractivity contribution < 1.29 is 23.1 Å². The van der Waals surface area contributed by atoms with Crippen molar-refractivity contribution in [3.05, 3.63) is 24.3 Å². The Morgan fingerprint density at radius 1 is 1.18 bits per heavy atom. The molecule has 0 unspecified atom stereocenters. The Bertz CT molecular complexity index is 898. The van der Waals surface area contributed by atoms with Crippen LogP contribution in [-0.4, -0.2) is 72.4 Å². The van der Waals surface area contributed by atoms with Crippen LogP contribution in [0.4, 0.5) is 15.3 Å². The quantitative estimate of drug-likeness (QED) is 0.810. The molecule has 2 aliphatic heterocycles. The summed E-state index contributed by atoms with van der Waals surface area (Å²) in [7, 11) is -3.39. The van der Waals surface area contributed by atoms with Gasteiger partial charge in [0.15, 0.2) is 9.84 Å². The van der Waals surface area contributed by atoms with Gasteiger partial charge in [-0.05, 0) is 51.8 Å². The number of urea groups is 1. The molecule has 0 atom stereocenters. The number of likely N-dealkylation sites (tertiary alicyclic amines) is 1. The van der Waals surface area contributed by atoms with Crippen molar-refractivity contribution in [2.45, 2.75) is 49.6 Å². The number of hydrogen-bond donors (Lipinski definition) is 1. The molecule has 1 spiro atoms. The van der Waals surface area contributed by atoms with Crippen LogP contribution in [0, 0.1) is 0 Å². The van der Waals surface area contributed by atoms with Crippen molar-refractivity contribution in [1.82, 2.24) is 9.80 Å². The smallest absolute Gasteiger partial charge is 0.407 e. The van der Waals surface area contributed by atoms with Crippen LogP contribution in [0.15, 0.2) is 29.2 Å². The van der Waals surface area contributed by atoms with Gasteiger partial charge >= 0.3 is 12.1 Å². The highest BCUT2D eigenvalue weighted by molar-refractivity contribution is 7.90. The van der Waals surface area contributed by atoms with Crippen LogP contribution in [0.3, 0.4) is 0 Å². The van der Waals surface area contributed by atoms with E-state index >= 15 is 0 Å². The lowest BCUT2D eigenvalue weighted by atomic mass is 9.84. The number of benzene rings is 1. The van der Waals surface area contributed by atoms with Gasteiger partial charge in [0.1, 0.15) is 0 Å². The van der Waals surface area contributed by atoms with Crippen molar-refractivity contribution in [3.8, 4) is 0 Å². The molecule has 2 aliphatic rings. The molecule has 154 valence electrons. The number of nitrogens with zero attached hydrogens (tertiary/aromatic N) is 3. The summed E-state index contributed by atoms with van der Waals surface area (Å²) < 4.78 is 23.9. The third-order valence-electron chi connectivity index (χ3n) is 5.54. The number of carbonyl (C=O) groups is 2. The number of sulfone groups is 1. The molecular formula is C19H27N3O5S. The highest BCUT2D eigenvalue weighted by atomic mass is 32.2. The average molecular weight is 410 g/mol. The van der Waals surface area contributed by atoms with Crippen LogP contribution in [0.1, 0.15) is 33.6 Å². The Balaban J connectivity index is 1.98. The molecule has 1 aromatic rings. The number of carboxylic acid groups (broad SMARTS) is 1. The average Bonchev–Trinajstić information content (AvgIpc) is 2.87. The molecule has 8 nitrogen and oxygen atoms in total. The Labute approximate surface area is 165 Å². The standard InChI is InChI=1S/C19H27N3O5S/c1-18(2,3)22-16(23)21(14-6-5-7-15(12-14)28(4,26)27)13-19(22)8-10-20(11-9-19)17(24)25/h5-7,12H,8-11,13H2,1-4H3,(H,24,25). The summed E-state index contributed by atoms with van der Waals surface area (Å²) in [5.41, 5.74) is -0.395. The maximum Gasteiger partial charge on any atom is 0.407 e. The molecular weight excluding hydrogens is 382 g/mol. The lowest BCUT2D eigenvalue weighted by Crippen LogP contribution is -2.60. The highest BCUT2D eigenvalue weighted by Crippen LogP contribution is 2.42. The predicted octanol–water partition coefficient (Wildman–Crippen LogP) is 2.64. The van der Waals surface area contributed by atoms with Crippen molar-refractivity contribution in [2.75, 3.05) is 30.8 Å². The van der Waals surface area contributed by atoms with Gasteiger partial charge in [0.05, 0.1) is 17.0 Å². The Kier molecular flexibility index (Phi) is 4.85. The summed E-state index contributed by atoms with van der Waals surface area (Å²) in [6.45, 7) is 7.04. The zero-order valence-corrected chi connectivity index (χ0v) is 17.5. The third kappa shape index (κ3) is 3.55. The maximum atomic E-state index is 13.4. The van der Waals surface area contributed by atoms with Gasteiger partial charge in [0.25, 0.3) is 0 Å². The van der Waals surface area contributed by atoms with Crippen molar-refractivity contribution in [3.63, 3.8) is 0 Å². The molecule has 2 heterocycles. The lowest BCUT2D eigenvalue weighted by molar-refractivity contribution is 0.0292. The third-order valence-corrected chi connectivity index (χ3v) is 6.65. The number of carbonyl (C=O) groups excluding carboxylic acids is 1. The van der Waals surface area contributed by atoms with E-state index in [1.54, 1.807) is 17.0 Å². The van der Waals surface area contributed by atoms with E-state index in [-0.39, 0.29) is 10.9 Å². The number of amides is 3. The second kappa shape index (κ2) is 6.65. The molecule has 28 heavy (non-hydrogen) atoms. The fourth-order valence-corrected chi connectivity index (χ4v) is 5.00. The molecule has 0 bridgehead atoms. The minimum atomic E-state index is -3.39. The number of piperidine rings is 1. The van der Waals surface area contributed by atoms with Crippen LogP contribution in [-0.2, 0) is 9.84 Å². The van der Waals surface area contributed by atoms with E-state index < -0.39 is 27.0 Å². The van der Waals surface area contributed by atoms with Gasteiger partial charge in [-0.3, -0.25) is 4.90 Å². The summed E-state index contributed by atoms with van der Waals surface area (Å²) >= 11 is 0. The first-order valence-corrected chi connectivity index (χ1v) is 11.1. The fourth-order valence-electron chi connectivity index (χ4n) is 4.33. The Morgan fingerprint density at radius 2 is 1.79 bits per heavy atom. The second-order valence-corrected chi connectivity index (χ2v) is 10.7. The van der Waals surface area contributed by atoms with Gasteiger partial charge in [0, 0.05) is 30.6 Å². The molecule has 9 heteroatoms. The molecule has 0 radical (unpaired) electrons. The van der Waals surface area contributed by atoms with Crippen molar-refractivity contribution in [1.29, 1.82) is 0 Å². The number of anilines is 1. The van der Waals surface area contributed by atoms with Gasteiger partial charge < -0.3 is 14.9 Å². The van der Waals surface area contributed by atoms with Gasteiger partial charge in [-0.2, -0.15) is 0 Å². The SMILES string of the molecule is CC(C)(C)N1C(=O)N(c2cccc(S(C)(=O)=O)c2)CC12CCN(C(=O)O)CC2. The van der Waals surface area contributed by atoms with Gasteiger partial charge in [-0.1, -0.05) is 6.07 Å².